The molecule has 1 aromatic carbocycles. The number of halogens is 1. The van der Waals surface area contributed by atoms with Gasteiger partial charge in [0.05, 0.1) is 0 Å². The lowest BCUT2D eigenvalue weighted by Crippen LogP contribution is -2.26. The van der Waals surface area contributed by atoms with E-state index >= 15 is 0 Å². The molecule has 86 valence electrons. The van der Waals surface area contributed by atoms with Crippen LogP contribution in [0.3, 0.4) is 0 Å². The maximum absolute atomic E-state index is 3.42. The number of nitrogens with one attached hydrogen (secondary N) is 2. The van der Waals surface area contributed by atoms with Gasteiger partial charge in [-0.3, -0.25) is 0 Å². The lowest BCUT2D eigenvalue weighted by Gasteiger charge is -2.23. The number of hydrogen-bond acceptors (Lipinski definition) is 1. The van der Waals surface area contributed by atoms with E-state index in [0.29, 0.717) is 0 Å². The van der Waals surface area contributed by atoms with E-state index in [0.717, 1.165) is 19.0 Å². The van der Waals surface area contributed by atoms with Crippen molar-refractivity contribution in [3.05, 3.63) is 36.0 Å². The zero-order valence-electron chi connectivity index (χ0n) is 9.20. The smallest absolute Gasteiger partial charge is 0.0489 e. The van der Waals surface area contributed by atoms with E-state index in [2.05, 4.69) is 34.6 Å². The van der Waals surface area contributed by atoms with E-state index in [-0.39, 0.29) is 12.4 Å². The van der Waals surface area contributed by atoms with E-state index in [9.17, 15) is 0 Å². The number of para-hydroxylation sites is 1. The van der Waals surface area contributed by atoms with Gasteiger partial charge >= 0.3 is 0 Å². The summed E-state index contributed by atoms with van der Waals surface area (Å²) in [6.07, 6.45) is 4.56. The molecular formula is C13H17ClN2. The summed E-state index contributed by atoms with van der Waals surface area (Å²) >= 11 is 0. The number of fused-ring (bicyclic) bond motifs is 1. The Balaban J connectivity index is 0.000000963. The second-order valence-corrected chi connectivity index (χ2v) is 4.31. The highest BCUT2D eigenvalue weighted by molar-refractivity contribution is 5.85. The molecule has 2 N–H and O–H groups in total. The SMILES string of the molecule is Cl.c1cc(C2CCNCC2)c2[nH]ccc2c1. The Bertz CT molecular complexity index is 458. The van der Waals surface area contributed by atoms with Gasteiger partial charge in [0.15, 0.2) is 0 Å². The van der Waals surface area contributed by atoms with E-state index < -0.39 is 0 Å². The first-order valence-electron chi connectivity index (χ1n) is 5.72. The first-order valence-corrected chi connectivity index (χ1v) is 5.72. The highest BCUT2D eigenvalue weighted by atomic mass is 35.5. The standard InChI is InChI=1S/C13H16N2.ClH/c1-2-11-6-9-15-13(11)12(3-1)10-4-7-14-8-5-10;/h1-3,6,9-10,14-15H,4-5,7-8H2;1H. The monoisotopic (exact) mass is 236 g/mol. The third-order valence-corrected chi connectivity index (χ3v) is 3.40. The van der Waals surface area contributed by atoms with Crippen LogP contribution in [0.2, 0.25) is 0 Å². The van der Waals surface area contributed by atoms with Crippen LogP contribution in [-0.2, 0) is 0 Å². The zero-order valence-corrected chi connectivity index (χ0v) is 10.0. The molecule has 0 aliphatic carbocycles. The molecule has 1 aliphatic rings. The number of piperidine rings is 1. The lowest BCUT2D eigenvalue weighted by molar-refractivity contribution is 0.462. The summed E-state index contributed by atoms with van der Waals surface area (Å²) in [4.78, 5) is 3.37. The Morgan fingerprint density at radius 1 is 1.06 bits per heavy atom. The summed E-state index contributed by atoms with van der Waals surface area (Å²) < 4.78 is 0. The molecule has 3 heteroatoms. The third kappa shape index (κ3) is 1.95. The molecule has 0 radical (unpaired) electrons. The molecule has 1 aliphatic heterocycles. The van der Waals surface area contributed by atoms with Crippen molar-refractivity contribution in [1.82, 2.24) is 10.3 Å². The largest absolute Gasteiger partial charge is 0.361 e. The molecule has 16 heavy (non-hydrogen) atoms. The molecule has 0 unspecified atom stereocenters. The van der Waals surface area contributed by atoms with E-state index in [1.807, 2.05) is 6.20 Å². The number of H-pyrrole nitrogens is 1. The molecule has 3 rings (SSSR count). The number of aromatic nitrogens is 1. The van der Waals surface area contributed by atoms with Gasteiger partial charge in [-0.05, 0) is 48.9 Å². The summed E-state index contributed by atoms with van der Waals surface area (Å²) in [6, 6.07) is 8.78. The van der Waals surface area contributed by atoms with E-state index in [1.54, 1.807) is 0 Å². The minimum atomic E-state index is 0. The maximum atomic E-state index is 3.42. The summed E-state index contributed by atoms with van der Waals surface area (Å²) in [7, 11) is 0. The van der Waals surface area contributed by atoms with Gasteiger partial charge in [-0.15, -0.1) is 12.4 Å². The van der Waals surface area contributed by atoms with Crippen LogP contribution in [0.5, 0.6) is 0 Å². The summed E-state index contributed by atoms with van der Waals surface area (Å²) in [5.74, 6) is 0.730. The second kappa shape index (κ2) is 4.89. The molecule has 1 fully saturated rings. The molecule has 0 atom stereocenters. The molecule has 2 heterocycles. The first-order chi connectivity index (χ1) is 7.45. The van der Waals surface area contributed by atoms with E-state index in [1.165, 1.54) is 29.3 Å². The van der Waals surface area contributed by atoms with Crippen LogP contribution >= 0.6 is 12.4 Å². The number of hydrogen-bond donors (Lipinski definition) is 2. The van der Waals surface area contributed by atoms with Gasteiger partial charge in [0.2, 0.25) is 0 Å². The average Bonchev–Trinajstić information content (AvgIpc) is 2.78. The Hall–Kier alpha value is -0.990. The number of benzene rings is 1. The zero-order chi connectivity index (χ0) is 10.1. The van der Waals surface area contributed by atoms with Gasteiger partial charge in [-0.2, -0.15) is 0 Å². The molecule has 0 bridgehead atoms. The molecule has 2 aromatic rings. The fourth-order valence-corrected chi connectivity index (χ4v) is 2.58. The quantitative estimate of drug-likeness (QED) is 0.783. The minimum Gasteiger partial charge on any atom is -0.361 e. The highest BCUT2D eigenvalue weighted by Crippen LogP contribution is 2.30. The van der Waals surface area contributed by atoms with Gasteiger partial charge in [-0.25, -0.2) is 0 Å². The molecule has 1 saturated heterocycles. The van der Waals surface area contributed by atoms with Crippen LogP contribution < -0.4 is 5.32 Å². The predicted octanol–water partition coefficient (Wildman–Crippen LogP) is 3.06. The van der Waals surface area contributed by atoms with Crippen LogP contribution in [0, 0.1) is 0 Å². The molecule has 0 amide bonds. The van der Waals surface area contributed by atoms with Crippen molar-refractivity contribution < 1.29 is 0 Å². The normalized spacial score (nSPS) is 17.2. The Labute approximate surface area is 102 Å². The molecule has 1 aromatic heterocycles. The number of aromatic amines is 1. The maximum Gasteiger partial charge on any atom is 0.0489 e. The third-order valence-electron chi connectivity index (χ3n) is 3.40. The van der Waals surface area contributed by atoms with Crippen molar-refractivity contribution in [2.45, 2.75) is 18.8 Å². The summed E-state index contributed by atoms with van der Waals surface area (Å²) in [5.41, 5.74) is 2.84. The lowest BCUT2D eigenvalue weighted by atomic mass is 9.89. The molecule has 2 nitrogen and oxygen atoms in total. The predicted molar refractivity (Wildman–Crippen MR) is 70.4 cm³/mol. The summed E-state index contributed by atoms with van der Waals surface area (Å²) in [6.45, 7) is 2.31. The second-order valence-electron chi connectivity index (χ2n) is 4.31. The summed E-state index contributed by atoms with van der Waals surface area (Å²) in [5, 5.41) is 4.76. The Morgan fingerprint density at radius 2 is 1.88 bits per heavy atom. The fraction of sp³-hybridized carbons (Fsp3) is 0.385. The first kappa shape index (κ1) is 11.5. The topological polar surface area (TPSA) is 27.8 Å². The molecular weight excluding hydrogens is 220 g/mol. The molecule has 0 saturated carbocycles. The minimum absolute atomic E-state index is 0. The molecule has 0 spiro atoms. The van der Waals surface area contributed by atoms with Crippen LogP contribution in [-0.4, -0.2) is 18.1 Å². The Kier molecular flexibility index (Phi) is 3.52. The van der Waals surface area contributed by atoms with Crippen molar-refractivity contribution in [3.8, 4) is 0 Å². The van der Waals surface area contributed by atoms with Gasteiger partial charge in [0, 0.05) is 11.7 Å². The van der Waals surface area contributed by atoms with Crippen molar-refractivity contribution in [3.63, 3.8) is 0 Å². The van der Waals surface area contributed by atoms with Crippen LogP contribution in [0.4, 0.5) is 0 Å². The van der Waals surface area contributed by atoms with Crippen molar-refractivity contribution in [2.24, 2.45) is 0 Å². The van der Waals surface area contributed by atoms with Crippen molar-refractivity contribution in [2.75, 3.05) is 13.1 Å². The van der Waals surface area contributed by atoms with Crippen LogP contribution in [0.25, 0.3) is 10.9 Å². The van der Waals surface area contributed by atoms with Crippen LogP contribution in [0.1, 0.15) is 24.3 Å². The van der Waals surface area contributed by atoms with Gasteiger partial charge < -0.3 is 10.3 Å². The Morgan fingerprint density at radius 3 is 2.69 bits per heavy atom. The van der Waals surface area contributed by atoms with Crippen LogP contribution in [0.15, 0.2) is 30.5 Å². The average molecular weight is 237 g/mol. The van der Waals surface area contributed by atoms with Crippen molar-refractivity contribution >= 4 is 23.3 Å². The highest BCUT2D eigenvalue weighted by Gasteiger charge is 2.17. The van der Waals surface area contributed by atoms with Gasteiger partial charge in [-0.1, -0.05) is 18.2 Å². The van der Waals surface area contributed by atoms with Gasteiger partial charge in [0.25, 0.3) is 0 Å². The fourth-order valence-electron chi connectivity index (χ4n) is 2.58. The number of rotatable bonds is 1. The van der Waals surface area contributed by atoms with Crippen molar-refractivity contribution in [1.29, 1.82) is 0 Å². The van der Waals surface area contributed by atoms with E-state index in [4.69, 9.17) is 0 Å². The van der Waals surface area contributed by atoms with Gasteiger partial charge in [0.1, 0.15) is 0 Å².